The second-order valence-electron chi connectivity index (χ2n) is 21.2. The van der Waals surface area contributed by atoms with Crippen LogP contribution in [0.3, 0.4) is 0 Å². The Hall–Kier alpha value is -4.74. The van der Waals surface area contributed by atoms with Crippen LogP contribution in [0.1, 0.15) is 137 Å². The number of carbonyl (C=O) groups is 8. The average Bonchev–Trinajstić information content (AvgIpc) is 4.13. The topological polar surface area (TPSA) is 226 Å². The molecule has 17 heteroatoms. The van der Waals surface area contributed by atoms with Gasteiger partial charge in [0.2, 0.25) is 23.6 Å². The minimum Gasteiger partial charge on any atom is -0.481 e. The van der Waals surface area contributed by atoms with Crippen molar-refractivity contribution < 1.29 is 62.8 Å². The number of carboxylic acids is 2. The largest absolute Gasteiger partial charge is 0.481 e. The molecule has 1 aliphatic carbocycles. The fraction of sp³-hybridized carbons (Fsp3) is 0.745. The van der Waals surface area contributed by atoms with Crippen LogP contribution in [0.25, 0.3) is 0 Å². The van der Waals surface area contributed by atoms with Crippen molar-refractivity contribution in [2.24, 2.45) is 41.4 Å². The van der Waals surface area contributed by atoms with Gasteiger partial charge in [0.1, 0.15) is 5.78 Å². The number of hydrogen-bond acceptors (Lipinski definition) is 11. The Balaban J connectivity index is 1.36. The zero-order valence-corrected chi connectivity index (χ0v) is 44.6. The van der Waals surface area contributed by atoms with E-state index in [0.717, 1.165) is 37.7 Å². The molecule has 2 heterocycles. The van der Waals surface area contributed by atoms with E-state index in [1.54, 1.807) is 28.7 Å². The van der Waals surface area contributed by atoms with E-state index in [-0.39, 0.29) is 104 Å². The number of amides is 4. The Bertz CT molecular complexity index is 1970. The SMILES string of the molecule is CC[C@H](C)C([C@@H](CC(=O)N1CCC[C@H]1[C@H](OC)[C@@H](C)C(=O)C[C@@H](Cc1ccccc1)C(=O)O)OC)N(C)C(=O)[C@@H](CC(=O)[C@@H]1[C@H]2CC[C@H](C2)N1C(=O)CCOCCCCCNC(=O)CC(C)C(=O)O)C(C)C. The lowest BCUT2D eigenvalue weighted by atomic mass is 9.83. The molecular weight excluding hydrogens is 925 g/mol. The lowest BCUT2D eigenvalue weighted by Gasteiger charge is -2.41. The number of likely N-dealkylation sites (N-methyl/N-ethyl adjacent to an activating group) is 1. The summed E-state index contributed by atoms with van der Waals surface area (Å²) in [7, 11) is 4.77. The van der Waals surface area contributed by atoms with Crippen molar-refractivity contribution in [2.45, 2.75) is 174 Å². The quantitative estimate of drug-likeness (QED) is 0.0666. The normalized spacial score (nSPS) is 21.9. The summed E-state index contributed by atoms with van der Waals surface area (Å²) in [4.78, 5) is 111. The number of nitrogens with one attached hydrogen (secondary N) is 1. The molecule has 1 saturated carbocycles. The highest BCUT2D eigenvalue weighted by molar-refractivity contribution is 5.94. The van der Waals surface area contributed by atoms with Crippen molar-refractivity contribution in [2.75, 3.05) is 47.6 Å². The molecule has 0 aromatic heterocycles. The molecule has 3 aliphatic rings. The van der Waals surface area contributed by atoms with Gasteiger partial charge >= 0.3 is 11.9 Å². The Morgan fingerprint density at radius 3 is 2.15 bits per heavy atom. The zero-order chi connectivity index (χ0) is 53.2. The summed E-state index contributed by atoms with van der Waals surface area (Å²) in [5.74, 6) is -6.51. The lowest BCUT2D eigenvalue weighted by molar-refractivity contribution is -0.150. The number of hydrogen-bond donors (Lipinski definition) is 3. The first-order valence-electron chi connectivity index (χ1n) is 26.6. The molecule has 0 spiro atoms. The van der Waals surface area contributed by atoms with E-state index < -0.39 is 65.9 Å². The molecule has 72 heavy (non-hydrogen) atoms. The number of aliphatic carboxylic acids is 2. The monoisotopic (exact) mass is 1010 g/mol. The molecule has 4 amide bonds. The Morgan fingerprint density at radius 1 is 0.819 bits per heavy atom. The van der Waals surface area contributed by atoms with E-state index in [1.807, 2.05) is 58.0 Å². The number of likely N-dealkylation sites (tertiary alicyclic amines) is 2. The van der Waals surface area contributed by atoms with Crippen molar-refractivity contribution in [3.63, 3.8) is 0 Å². The number of benzene rings is 1. The van der Waals surface area contributed by atoms with Gasteiger partial charge < -0.3 is 44.4 Å². The van der Waals surface area contributed by atoms with Gasteiger partial charge in [-0.15, -0.1) is 0 Å². The van der Waals surface area contributed by atoms with Crippen LogP contribution in [0.5, 0.6) is 0 Å². The molecule has 4 rings (SSSR count). The number of ether oxygens (including phenoxy) is 3. The molecule has 3 fully saturated rings. The Morgan fingerprint density at radius 2 is 1.53 bits per heavy atom. The number of rotatable bonds is 33. The molecule has 2 unspecified atom stereocenters. The van der Waals surface area contributed by atoms with Crippen molar-refractivity contribution in [1.82, 2.24) is 20.0 Å². The number of piperidine rings is 1. The molecule has 2 aliphatic heterocycles. The van der Waals surface area contributed by atoms with Gasteiger partial charge in [0.05, 0.1) is 61.6 Å². The number of fused-ring (bicyclic) bond motifs is 2. The number of Topliss-reactive ketones (excluding diaryl/α,β-unsaturated/α-hetero) is 2. The summed E-state index contributed by atoms with van der Waals surface area (Å²) in [5.41, 5.74) is 0.830. The molecular formula is C55H86N4O13. The molecule has 404 valence electrons. The van der Waals surface area contributed by atoms with Crippen molar-refractivity contribution in [1.29, 1.82) is 0 Å². The highest BCUT2D eigenvalue weighted by Crippen LogP contribution is 2.44. The number of carboxylic acid groups (broad SMARTS) is 2. The van der Waals surface area contributed by atoms with Crippen LogP contribution < -0.4 is 5.32 Å². The van der Waals surface area contributed by atoms with Gasteiger partial charge in [-0.1, -0.05) is 78.3 Å². The smallest absolute Gasteiger partial charge is 0.307 e. The number of carbonyl (C=O) groups excluding carboxylic acids is 6. The number of ketones is 2. The maximum atomic E-state index is 14.8. The summed E-state index contributed by atoms with van der Waals surface area (Å²) in [6.45, 7) is 12.7. The summed E-state index contributed by atoms with van der Waals surface area (Å²) in [6.07, 6.45) is 5.36. The van der Waals surface area contributed by atoms with Gasteiger partial charge in [0, 0.05) is 78.1 Å². The Kier molecular flexibility index (Phi) is 24.3. The van der Waals surface area contributed by atoms with Crippen LogP contribution in [0.4, 0.5) is 0 Å². The standard InChI is InChI=1S/C55H86N4O13/c1-10-35(4)50(46(70-8)33-49(64)58-25-17-20-43(58)52(71-9)37(6)44(60)31-40(55(68)69)29-38-18-13-11-14-19-38)57(7)53(65)42(34(2)3)32-45(61)51-39-21-22-41(30-39)59(51)48(63)23-27-72-26-16-12-15-24-56-47(62)28-36(5)54(66)67/h11,13-14,18-19,34-37,39-43,46,50-52H,10,12,15-17,20-33H2,1-9H3,(H,56,62)(H,66,67)(H,68,69)/t35-,36?,37-,39-,40+,41+,42-,43-,46+,50?,51-,52+/m0/s1. The summed E-state index contributed by atoms with van der Waals surface area (Å²) in [6, 6.07) is 7.64. The van der Waals surface area contributed by atoms with E-state index in [0.29, 0.717) is 45.4 Å². The lowest BCUT2D eigenvalue weighted by Crippen LogP contribution is -2.54. The van der Waals surface area contributed by atoms with Crippen molar-refractivity contribution in [3.05, 3.63) is 35.9 Å². The number of unbranched alkanes of at least 4 members (excludes halogenated alkanes) is 2. The number of nitrogens with zero attached hydrogens (tertiary/aromatic N) is 3. The molecule has 1 aromatic rings. The number of methoxy groups -OCH3 is 2. The summed E-state index contributed by atoms with van der Waals surface area (Å²) in [5, 5.41) is 21.8. The van der Waals surface area contributed by atoms with Crippen LogP contribution in [0.15, 0.2) is 30.3 Å². The molecule has 2 saturated heterocycles. The minimum atomic E-state index is -1.05. The van der Waals surface area contributed by atoms with E-state index in [4.69, 9.17) is 19.3 Å². The summed E-state index contributed by atoms with van der Waals surface area (Å²) >= 11 is 0. The van der Waals surface area contributed by atoms with Crippen LogP contribution in [0.2, 0.25) is 0 Å². The maximum absolute atomic E-state index is 14.8. The van der Waals surface area contributed by atoms with Crippen LogP contribution in [0, 0.1) is 41.4 Å². The van der Waals surface area contributed by atoms with E-state index >= 15 is 0 Å². The van der Waals surface area contributed by atoms with Crippen LogP contribution in [-0.2, 0) is 59.0 Å². The molecule has 2 bridgehead atoms. The van der Waals surface area contributed by atoms with Gasteiger partial charge in [-0.3, -0.25) is 38.4 Å². The third kappa shape index (κ3) is 16.4. The molecule has 3 N–H and O–H groups in total. The predicted molar refractivity (Wildman–Crippen MR) is 270 cm³/mol. The maximum Gasteiger partial charge on any atom is 0.307 e. The van der Waals surface area contributed by atoms with Crippen molar-refractivity contribution >= 4 is 47.1 Å². The fourth-order valence-corrected chi connectivity index (χ4v) is 11.4. The molecule has 1 aromatic carbocycles. The van der Waals surface area contributed by atoms with Crippen LogP contribution in [-0.4, -0.2) is 156 Å². The fourth-order valence-electron chi connectivity index (χ4n) is 11.4. The predicted octanol–water partition coefficient (Wildman–Crippen LogP) is 6.22. The average molecular weight is 1010 g/mol. The first-order valence-corrected chi connectivity index (χ1v) is 26.6. The van der Waals surface area contributed by atoms with Crippen LogP contribution >= 0.6 is 0 Å². The second kappa shape index (κ2) is 29.2. The van der Waals surface area contributed by atoms with E-state index in [9.17, 15) is 43.5 Å². The summed E-state index contributed by atoms with van der Waals surface area (Å²) < 4.78 is 17.8. The van der Waals surface area contributed by atoms with Crippen molar-refractivity contribution in [3.8, 4) is 0 Å². The van der Waals surface area contributed by atoms with E-state index in [1.165, 1.54) is 21.1 Å². The molecule has 17 nitrogen and oxygen atoms in total. The van der Waals surface area contributed by atoms with E-state index in [2.05, 4.69) is 5.32 Å². The molecule has 0 radical (unpaired) electrons. The zero-order valence-electron chi connectivity index (χ0n) is 44.6. The van der Waals surface area contributed by atoms with Gasteiger partial charge in [-0.2, -0.15) is 0 Å². The van der Waals surface area contributed by atoms with Gasteiger partial charge in [-0.25, -0.2) is 0 Å². The highest BCUT2D eigenvalue weighted by atomic mass is 16.5. The van der Waals surface area contributed by atoms with Gasteiger partial charge in [0.25, 0.3) is 0 Å². The van der Waals surface area contributed by atoms with Gasteiger partial charge in [0.15, 0.2) is 5.78 Å². The second-order valence-corrected chi connectivity index (χ2v) is 21.2. The Labute approximate surface area is 427 Å². The first kappa shape index (κ1) is 59.8. The highest BCUT2D eigenvalue weighted by Gasteiger charge is 2.52. The van der Waals surface area contributed by atoms with Gasteiger partial charge in [-0.05, 0) is 81.1 Å². The first-order chi connectivity index (χ1) is 34.2. The molecule has 12 atom stereocenters. The third-order valence-electron chi connectivity index (χ3n) is 15.9. The minimum absolute atomic E-state index is 0.0249. The third-order valence-corrected chi connectivity index (χ3v) is 15.9.